The summed E-state index contributed by atoms with van der Waals surface area (Å²) >= 11 is 1.64. The molecule has 5 nitrogen and oxygen atoms in total. The van der Waals surface area contributed by atoms with Crippen LogP contribution in [0.15, 0.2) is 88.8 Å². The van der Waals surface area contributed by atoms with Crippen molar-refractivity contribution in [3.63, 3.8) is 0 Å². The average Bonchev–Trinajstić information content (AvgIpc) is 3.11. The Balaban J connectivity index is 1.35. The minimum Gasteiger partial charge on any atom is -0.369 e. The van der Waals surface area contributed by atoms with Gasteiger partial charge in [-0.05, 0) is 36.6 Å². The Labute approximate surface area is 193 Å². The van der Waals surface area contributed by atoms with Gasteiger partial charge in [0.25, 0.3) is 5.91 Å². The van der Waals surface area contributed by atoms with Gasteiger partial charge in [-0.2, -0.15) is 0 Å². The predicted octanol–water partition coefficient (Wildman–Crippen LogP) is 4.66. The topological polar surface area (TPSA) is 39.2 Å². The van der Waals surface area contributed by atoms with Crippen LogP contribution >= 0.6 is 11.8 Å². The number of carbonyl (C=O) groups is 1. The summed E-state index contributed by atoms with van der Waals surface area (Å²) in [5, 5.41) is 0. The van der Waals surface area contributed by atoms with Crippen molar-refractivity contribution in [1.29, 1.82) is 0 Å². The van der Waals surface area contributed by atoms with Gasteiger partial charge in [-0.15, -0.1) is 11.8 Å². The number of fused-ring (bicyclic) bond motifs is 1. The molecule has 0 spiro atoms. The number of hydrogen-bond acceptors (Lipinski definition) is 5. The van der Waals surface area contributed by atoms with Crippen LogP contribution in [-0.2, 0) is 4.79 Å². The van der Waals surface area contributed by atoms with E-state index in [2.05, 4.69) is 34.1 Å². The summed E-state index contributed by atoms with van der Waals surface area (Å²) in [5.74, 6) is -0.0207. The number of aliphatic imine (C=N–C) groups is 1. The number of para-hydroxylation sites is 3. The molecule has 162 valence electrons. The first-order chi connectivity index (χ1) is 15.7. The van der Waals surface area contributed by atoms with Gasteiger partial charge < -0.3 is 4.90 Å². The molecule has 0 radical (unpaired) electrons. The van der Waals surface area contributed by atoms with Crippen molar-refractivity contribution in [2.45, 2.75) is 4.90 Å². The van der Waals surface area contributed by atoms with Crippen LogP contribution < -0.4 is 9.80 Å². The molecular weight excluding hydrogens is 416 g/mol. The normalized spacial score (nSPS) is 17.8. The van der Waals surface area contributed by atoms with E-state index >= 15 is 0 Å². The van der Waals surface area contributed by atoms with E-state index in [1.54, 1.807) is 11.8 Å². The first-order valence-corrected chi connectivity index (χ1v) is 12.1. The van der Waals surface area contributed by atoms with Crippen LogP contribution in [-0.4, -0.2) is 55.6 Å². The van der Waals surface area contributed by atoms with Crippen molar-refractivity contribution in [2.24, 2.45) is 4.99 Å². The largest absolute Gasteiger partial charge is 0.369 e. The van der Waals surface area contributed by atoms with Crippen LogP contribution in [0.4, 0.5) is 17.1 Å². The van der Waals surface area contributed by atoms with E-state index in [0.29, 0.717) is 12.4 Å². The summed E-state index contributed by atoms with van der Waals surface area (Å²) in [6, 6.07) is 26.5. The highest BCUT2D eigenvalue weighted by molar-refractivity contribution is 7.98. The number of thioether (sulfide) groups is 1. The number of amides is 1. The number of anilines is 2. The summed E-state index contributed by atoms with van der Waals surface area (Å²) in [7, 11) is 0. The smallest absolute Gasteiger partial charge is 0.278 e. The Bertz CT molecular complexity index is 1140. The second-order valence-electron chi connectivity index (χ2n) is 7.96. The molecule has 0 aromatic heterocycles. The van der Waals surface area contributed by atoms with E-state index < -0.39 is 0 Å². The molecule has 2 aliphatic heterocycles. The molecule has 2 heterocycles. The van der Waals surface area contributed by atoms with Crippen LogP contribution in [0.1, 0.15) is 5.56 Å². The first-order valence-electron chi connectivity index (χ1n) is 10.9. The van der Waals surface area contributed by atoms with E-state index in [1.165, 1.54) is 5.69 Å². The lowest BCUT2D eigenvalue weighted by atomic mass is 10.1. The van der Waals surface area contributed by atoms with Crippen LogP contribution in [0, 0.1) is 0 Å². The lowest BCUT2D eigenvalue weighted by Gasteiger charge is -2.37. The van der Waals surface area contributed by atoms with Crippen LogP contribution in [0.2, 0.25) is 0 Å². The Morgan fingerprint density at radius 1 is 0.844 bits per heavy atom. The van der Waals surface area contributed by atoms with Crippen LogP contribution in [0.3, 0.4) is 0 Å². The molecule has 1 fully saturated rings. The second-order valence-corrected chi connectivity index (χ2v) is 8.81. The van der Waals surface area contributed by atoms with Gasteiger partial charge in [0.05, 0.1) is 18.0 Å². The molecule has 32 heavy (non-hydrogen) atoms. The average molecular weight is 443 g/mol. The molecule has 5 rings (SSSR count). The first kappa shape index (κ1) is 20.8. The third-order valence-corrected chi connectivity index (χ3v) is 6.84. The fraction of sp³-hybridized carbons (Fsp3) is 0.231. The van der Waals surface area contributed by atoms with Crippen molar-refractivity contribution >= 4 is 40.4 Å². The Hall–Kier alpha value is -3.09. The van der Waals surface area contributed by atoms with Gasteiger partial charge in [-0.3, -0.25) is 14.6 Å². The number of carbonyl (C=O) groups excluding carboxylic acids is 1. The second kappa shape index (κ2) is 9.18. The van der Waals surface area contributed by atoms with Crippen LogP contribution in [0.5, 0.6) is 0 Å². The van der Waals surface area contributed by atoms with Crippen molar-refractivity contribution in [2.75, 3.05) is 48.9 Å². The highest BCUT2D eigenvalue weighted by atomic mass is 32.2. The molecule has 3 aromatic carbocycles. The lowest BCUT2D eigenvalue weighted by Crippen LogP contribution is -2.51. The van der Waals surface area contributed by atoms with Crippen molar-refractivity contribution in [3.05, 3.63) is 84.4 Å². The minimum atomic E-state index is -0.0207. The molecule has 0 bridgehead atoms. The molecule has 0 N–H and O–H groups in total. The van der Waals surface area contributed by atoms with Gasteiger partial charge in [-0.1, -0.05) is 48.5 Å². The molecule has 0 aliphatic carbocycles. The summed E-state index contributed by atoms with van der Waals surface area (Å²) in [4.78, 5) is 26.0. The summed E-state index contributed by atoms with van der Waals surface area (Å²) in [5.41, 5.74) is 4.50. The highest BCUT2D eigenvalue weighted by Crippen LogP contribution is 2.34. The number of nitrogens with zero attached hydrogens (tertiary/aromatic N) is 4. The zero-order valence-corrected chi connectivity index (χ0v) is 19.0. The standard InChI is InChI=1S/C26H26N4OS/c1-32-24-14-8-6-12-22(24)27-25-21-11-5-7-13-23(21)30(26(25)31)19-28-15-17-29(18-16-28)20-9-3-2-4-10-20/h2-14H,15-19H2,1H3. The summed E-state index contributed by atoms with van der Waals surface area (Å²) in [6.45, 7) is 4.33. The molecule has 0 atom stereocenters. The maximum Gasteiger partial charge on any atom is 0.278 e. The van der Waals surface area contributed by atoms with E-state index in [4.69, 9.17) is 4.99 Å². The zero-order chi connectivity index (χ0) is 21.9. The molecule has 0 unspecified atom stereocenters. The van der Waals surface area contributed by atoms with Gasteiger partial charge in [0.1, 0.15) is 5.71 Å². The molecule has 3 aromatic rings. The van der Waals surface area contributed by atoms with E-state index in [-0.39, 0.29) is 5.91 Å². The fourth-order valence-corrected chi connectivity index (χ4v) is 4.88. The van der Waals surface area contributed by atoms with Gasteiger partial charge in [0.15, 0.2) is 0 Å². The Morgan fingerprint density at radius 3 is 2.31 bits per heavy atom. The number of piperazine rings is 1. The quantitative estimate of drug-likeness (QED) is 0.539. The molecule has 1 saturated heterocycles. The number of hydrogen-bond donors (Lipinski definition) is 0. The van der Waals surface area contributed by atoms with E-state index in [1.807, 2.05) is 65.8 Å². The summed E-state index contributed by atoms with van der Waals surface area (Å²) in [6.07, 6.45) is 2.03. The van der Waals surface area contributed by atoms with E-state index in [0.717, 1.165) is 48.0 Å². The Morgan fingerprint density at radius 2 is 1.53 bits per heavy atom. The molecule has 0 saturated carbocycles. The van der Waals surface area contributed by atoms with Gasteiger partial charge in [-0.25, -0.2) is 4.99 Å². The van der Waals surface area contributed by atoms with Gasteiger partial charge in [0.2, 0.25) is 0 Å². The van der Waals surface area contributed by atoms with Crippen molar-refractivity contribution in [3.8, 4) is 0 Å². The van der Waals surface area contributed by atoms with Crippen molar-refractivity contribution < 1.29 is 4.79 Å². The minimum absolute atomic E-state index is 0.0207. The third-order valence-electron chi connectivity index (χ3n) is 6.05. The maximum absolute atomic E-state index is 13.5. The van der Waals surface area contributed by atoms with Crippen molar-refractivity contribution in [1.82, 2.24) is 4.90 Å². The maximum atomic E-state index is 13.5. The van der Waals surface area contributed by atoms with Gasteiger partial charge >= 0.3 is 0 Å². The van der Waals surface area contributed by atoms with Crippen LogP contribution in [0.25, 0.3) is 0 Å². The fourth-order valence-electron chi connectivity index (χ4n) is 4.34. The van der Waals surface area contributed by atoms with Gasteiger partial charge in [0, 0.05) is 42.3 Å². The number of benzene rings is 3. The highest BCUT2D eigenvalue weighted by Gasteiger charge is 2.35. The molecular formula is C26H26N4OS. The molecule has 2 aliphatic rings. The number of rotatable bonds is 5. The summed E-state index contributed by atoms with van der Waals surface area (Å²) < 4.78 is 0. The monoisotopic (exact) mass is 442 g/mol. The Kier molecular flexibility index (Phi) is 5.97. The SMILES string of the molecule is CSc1ccccc1N=C1C(=O)N(CN2CCN(c3ccccc3)CC2)c2ccccc21. The molecule has 6 heteroatoms. The molecule has 1 amide bonds. The zero-order valence-electron chi connectivity index (χ0n) is 18.1. The predicted molar refractivity (Wildman–Crippen MR) is 133 cm³/mol. The third kappa shape index (κ3) is 4.04. The van der Waals surface area contributed by atoms with E-state index in [9.17, 15) is 4.79 Å². The lowest BCUT2D eigenvalue weighted by molar-refractivity contribution is -0.112.